The van der Waals surface area contributed by atoms with Crippen molar-refractivity contribution in [3.8, 4) is 0 Å². The van der Waals surface area contributed by atoms with Gasteiger partial charge >= 0.3 is 0 Å². The van der Waals surface area contributed by atoms with Crippen LogP contribution in [0.15, 0.2) is 0 Å². The van der Waals surface area contributed by atoms with Gasteiger partial charge in [-0.3, -0.25) is 0 Å². The van der Waals surface area contributed by atoms with Gasteiger partial charge in [-0.15, -0.1) is 0 Å². The minimum Gasteiger partial charge on any atom is -0.393 e. The Morgan fingerprint density at radius 2 is 1.13 bits per heavy atom. The van der Waals surface area contributed by atoms with E-state index in [1.165, 1.54) is 44.9 Å². The highest BCUT2D eigenvalue weighted by atomic mass is 16.3. The van der Waals surface area contributed by atoms with E-state index in [0.717, 1.165) is 43.4 Å². The van der Waals surface area contributed by atoms with Crippen molar-refractivity contribution in [3.05, 3.63) is 0 Å². The summed E-state index contributed by atoms with van der Waals surface area (Å²) in [5.74, 6) is 2.42. The fraction of sp³-hybridized carbons (Fsp3) is 1.00. The van der Waals surface area contributed by atoms with Crippen LogP contribution >= 0.6 is 0 Å². The minimum atomic E-state index is -0.0505. The zero-order valence-electron chi connectivity index (χ0n) is 15.6. The second-order valence-corrected chi connectivity index (χ2v) is 10.1. The van der Waals surface area contributed by atoms with Crippen LogP contribution in [0.5, 0.6) is 0 Å². The summed E-state index contributed by atoms with van der Waals surface area (Å²) in [4.78, 5) is 0. The maximum absolute atomic E-state index is 9.98. The van der Waals surface area contributed by atoms with E-state index in [2.05, 4.69) is 20.8 Å². The Kier molecular flexibility index (Phi) is 5.14. The Morgan fingerprint density at radius 3 is 1.52 bits per heavy atom. The van der Waals surface area contributed by atoms with Gasteiger partial charge in [0, 0.05) is 0 Å². The quantitative estimate of drug-likeness (QED) is 0.757. The second kappa shape index (κ2) is 6.67. The van der Waals surface area contributed by atoms with Crippen molar-refractivity contribution in [2.75, 3.05) is 0 Å². The largest absolute Gasteiger partial charge is 0.393 e. The zero-order chi connectivity index (χ0) is 16.7. The molecule has 0 aliphatic heterocycles. The van der Waals surface area contributed by atoms with E-state index in [4.69, 9.17) is 0 Å². The summed E-state index contributed by atoms with van der Waals surface area (Å²) >= 11 is 0. The average molecular weight is 323 g/mol. The van der Waals surface area contributed by atoms with Crippen LogP contribution in [-0.4, -0.2) is 22.4 Å². The summed E-state index contributed by atoms with van der Waals surface area (Å²) in [6.45, 7) is 7.42. The van der Waals surface area contributed by atoms with Gasteiger partial charge in [0.2, 0.25) is 0 Å². The van der Waals surface area contributed by atoms with Crippen LogP contribution in [0.4, 0.5) is 0 Å². The maximum atomic E-state index is 9.98. The minimum absolute atomic E-state index is 0.0505. The standard InChI is InChI=1S/C21H38O2/c1-15-12-20(2,3)14-21(13-15,16-4-8-18(22)9-5-16)17-6-10-19(23)11-7-17/h15-19,22-23H,4-14H2,1-3H3. The van der Waals surface area contributed by atoms with E-state index in [1.807, 2.05) is 0 Å². The van der Waals surface area contributed by atoms with E-state index in [-0.39, 0.29) is 12.2 Å². The SMILES string of the molecule is CC1CC(C)(C)CC(C2CCC(O)CC2)(C2CCC(O)CC2)C1. The monoisotopic (exact) mass is 322 g/mol. The van der Waals surface area contributed by atoms with Gasteiger partial charge in [-0.25, -0.2) is 0 Å². The summed E-state index contributed by atoms with van der Waals surface area (Å²) < 4.78 is 0. The smallest absolute Gasteiger partial charge is 0.0540 e. The van der Waals surface area contributed by atoms with E-state index >= 15 is 0 Å². The van der Waals surface area contributed by atoms with Crippen LogP contribution in [0.25, 0.3) is 0 Å². The van der Waals surface area contributed by atoms with Crippen LogP contribution in [0.2, 0.25) is 0 Å². The molecule has 0 saturated heterocycles. The van der Waals surface area contributed by atoms with Gasteiger partial charge in [0.15, 0.2) is 0 Å². The van der Waals surface area contributed by atoms with Crippen LogP contribution in [0.3, 0.4) is 0 Å². The molecule has 3 rings (SSSR count). The Balaban J connectivity index is 1.86. The molecular weight excluding hydrogens is 284 g/mol. The Labute approximate surface area is 143 Å². The van der Waals surface area contributed by atoms with Crippen molar-refractivity contribution in [3.63, 3.8) is 0 Å². The number of aliphatic hydroxyl groups is 2. The van der Waals surface area contributed by atoms with Crippen molar-refractivity contribution in [2.45, 2.75) is 104 Å². The fourth-order valence-corrected chi connectivity index (χ4v) is 6.96. The number of hydrogen-bond donors (Lipinski definition) is 2. The molecule has 2 nitrogen and oxygen atoms in total. The molecule has 3 aliphatic carbocycles. The summed E-state index contributed by atoms with van der Waals surface area (Å²) in [5.41, 5.74) is 0.922. The molecule has 0 aromatic heterocycles. The third-order valence-corrected chi connectivity index (χ3v) is 7.46. The number of hydrogen-bond acceptors (Lipinski definition) is 2. The number of aliphatic hydroxyl groups excluding tert-OH is 2. The van der Waals surface area contributed by atoms with Gasteiger partial charge < -0.3 is 10.2 Å². The van der Waals surface area contributed by atoms with E-state index < -0.39 is 0 Å². The fourth-order valence-electron chi connectivity index (χ4n) is 6.96. The Hall–Kier alpha value is -0.0800. The molecule has 1 unspecified atom stereocenters. The maximum Gasteiger partial charge on any atom is 0.0540 e. The van der Waals surface area contributed by atoms with Crippen LogP contribution in [0.1, 0.15) is 91.4 Å². The van der Waals surface area contributed by atoms with Crippen LogP contribution < -0.4 is 0 Å². The lowest BCUT2D eigenvalue weighted by Crippen LogP contribution is -2.49. The van der Waals surface area contributed by atoms with E-state index in [0.29, 0.717) is 10.8 Å². The molecule has 0 amide bonds. The zero-order valence-corrected chi connectivity index (χ0v) is 15.6. The molecule has 2 heteroatoms. The molecule has 0 radical (unpaired) electrons. The van der Waals surface area contributed by atoms with Gasteiger partial charge in [0.1, 0.15) is 0 Å². The summed E-state index contributed by atoms with van der Waals surface area (Å²) in [7, 11) is 0. The van der Waals surface area contributed by atoms with Gasteiger partial charge in [0.25, 0.3) is 0 Å². The van der Waals surface area contributed by atoms with Crippen LogP contribution in [-0.2, 0) is 0 Å². The van der Waals surface area contributed by atoms with Crippen molar-refractivity contribution in [1.82, 2.24) is 0 Å². The third-order valence-electron chi connectivity index (χ3n) is 7.46. The molecule has 0 bridgehead atoms. The van der Waals surface area contributed by atoms with Gasteiger partial charge in [-0.2, -0.15) is 0 Å². The topological polar surface area (TPSA) is 40.5 Å². The van der Waals surface area contributed by atoms with Crippen molar-refractivity contribution >= 4 is 0 Å². The predicted octanol–water partition coefficient (Wildman–Crippen LogP) is 4.92. The average Bonchev–Trinajstić information content (AvgIpc) is 2.46. The lowest BCUT2D eigenvalue weighted by atomic mass is 9.48. The van der Waals surface area contributed by atoms with Gasteiger partial charge in [-0.1, -0.05) is 20.8 Å². The molecular formula is C21H38O2. The highest BCUT2D eigenvalue weighted by Gasteiger charge is 2.52. The molecule has 3 saturated carbocycles. The molecule has 3 aliphatic rings. The Bertz CT molecular complexity index is 365. The molecule has 3 fully saturated rings. The molecule has 1 atom stereocenters. The van der Waals surface area contributed by atoms with Crippen molar-refractivity contribution in [2.24, 2.45) is 28.6 Å². The summed E-state index contributed by atoms with van der Waals surface area (Å²) in [5, 5.41) is 20.0. The molecule has 0 aromatic rings. The molecule has 0 aromatic carbocycles. The molecule has 0 heterocycles. The first-order valence-corrected chi connectivity index (χ1v) is 10.2. The normalized spacial score (nSPS) is 48.1. The van der Waals surface area contributed by atoms with Crippen molar-refractivity contribution in [1.29, 1.82) is 0 Å². The summed E-state index contributed by atoms with van der Waals surface area (Å²) in [6.07, 6.45) is 13.0. The Morgan fingerprint density at radius 1 is 0.696 bits per heavy atom. The molecule has 2 N–H and O–H groups in total. The van der Waals surface area contributed by atoms with E-state index in [9.17, 15) is 10.2 Å². The lowest BCUT2D eigenvalue weighted by molar-refractivity contribution is -0.0882. The second-order valence-electron chi connectivity index (χ2n) is 10.1. The first-order valence-electron chi connectivity index (χ1n) is 10.2. The van der Waals surface area contributed by atoms with Gasteiger partial charge in [0.05, 0.1) is 12.2 Å². The lowest BCUT2D eigenvalue weighted by Gasteiger charge is -2.57. The predicted molar refractivity (Wildman–Crippen MR) is 95.2 cm³/mol. The highest BCUT2D eigenvalue weighted by Crippen LogP contribution is 2.61. The third kappa shape index (κ3) is 3.79. The van der Waals surface area contributed by atoms with E-state index in [1.54, 1.807) is 0 Å². The van der Waals surface area contributed by atoms with Crippen LogP contribution in [0, 0.1) is 28.6 Å². The summed E-state index contributed by atoms with van der Waals surface area (Å²) in [6, 6.07) is 0. The first-order chi connectivity index (χ1) is 10.8. The van der Waals surface area contributed by atoms with Crippen molar-refractivity contribution < 1.29 is 10.2 Å². The molecule has 0 spiro atoms. The highest BCUT2D eigenvalue weighted by molar-refractivity contribution is 5.02. The van der Waals surface area contributed by atoms with Gasteiger partial charge in [-0.05, 0) is 99.2 Å². The molecule has 23 heavy (non-hydrogen) atoms. The molecule has 134 valence electrons. The number of rotatable bonds is 2. The first kappa shape index (κ1) is 17.7.